The number of methoxy groups -OCH3 is 1. The molecule has 0 radical (unpaired) electrons. The number of anilines is 1. The molecule has 0 bridgehead atoms. The van der Waals surface area contributed by atoms with Crippen molar-refractivity contribution in [2.45, 2.75) is 13.8 Å². The lowest BCUT2D eigenvalue weighted by Gasteiger charge is -2.17. The van der Waals surface area contributed by atoms with Crippen LogP contribution in [0, 0.1) is 13.8 Å². The minimum absolute atomic E-state index is 0.200. The highest BCUT2D eigenvalue weighted by molar-refractivity contribution is 5.95. The standard InChI is InChI=1S/C23H25N5O5/c1-15-10-16(2)28(26-15)20-9-8-17(12-24-20)23(31)33-14-22(30)27(3)13-21(29)25-18-6-5-7-19(11-18)32-4/h5-12H,13-14H2,1-4H3,(H,25,29). The SMILES string of the molecule is COc1cccc(NC(=O)CN(C)C(=O)COC(=O)c2ccc(-n3nc(C)cc3C)nc2)c1. The molecule has 10 heteroatoms. The number of likely N-dealkylation sites (N-methyl/N-ethyl adjacent to an activating group) is 1. The molecule has 2 amide bonds. The molecule has 0 saturated carbocycles. The van der Waals surface area contributed by atoms with E-state index in [4.69, 9.17) is 9.47 Å². The van der Waals surface area contributed by atoms with E-state index in [1.165, 1.54) is 25.3 Å². The molecule has 3 aromatic rings. The van der Waals surface area contributed by atoms with E-state index in [0.717, 1.165) is 11.4 Å². The Morgan fingerprint density at radius 2 is 1.91 bits per heavy atom. The zero-order valence-electron chi connectivity index (χ0n) is 18.9. The van der Waals surface area contributed by atoms with Crippen LogP contribution in [-0.4, -0.2) is 64.8 Å². The highest BCUT2D eigenvalue weighted by Crippen LogP contribution is 2.16. The van der Waals surface area contributed by atoms with Gasteiger partial charge in [0.05, 0.1) is 24.9 Å². The van der Waals surface area contributed by atoms with Gasteiger partial charge in [-0.1, -0.05) is 6.07 Å². The fourth-order valence-corrected chi connectivity index (χ4v) is 3.02. The van der Waals surface area contributed by atoms with Crippen molar-refractivity contribution in [1.82, 2.24) is 19.7 Å². The first-order valence-corrected chi connectivity index (χ1v) is 10.1. The zero-order valence-corrected chi connectivity index (χ0v) is 18.9. The van der Waals surface area contributed by atoms with E-state index in [1.807, 2.05) is 19.9 Å². The first kappa shape index (κ1) is 23.5. The monoisotopic (exact) mass is 451 g/mol. The smallest absolute Gasteiger partial charge is 0.340 e. The molecule has 33 heavy (non-hydrogen) atoms. The predicted molar refractivity (Wildman–Crippen MR) is 120 cm³/mol. The van der Waals surface area contributed by atoms with Crippen molar-refractivity contribution in [3.63, 3.8) is 0 Å². The van der Waals surface area contributed by atoms with Crippen molar-refractivity contribution < 1.29 is 23.9 Å². The topological polar surface area (TPSA) is 116 Å². The molecule has 0 aliphatic heterocycles. The summed E-state index contributed by atoms with van der Waals surface area (Å²) in [7, 11) is 2.98. The van der Waals surface area contributed by atoms with Crippen LogP contribution in [0.5, 0.6) is 5.75 Å². The molecule has 2 aromatic heterocycles. The van der Waals surface area contributed by atoms with Gasteiger partial charge in [0.15, 0.2) is 12.4 Å². The van der Waals surface area contributed by atoms with E-state index in [0.29, 0.717) is 17.3 Å². The average Bonchev–Trinajstić information content (AvgIpc) is 3.15. The van der Waals surface area contributed by atoms with Crippen LogP contribution in [0.4, 0.5) is 5.69 Å². The van der Waals surface area contributed by atoms with E-state index in [2.05, 4.69) is 15.4 Å². The Hall–Kier alpha value is -4.21. The van der Waals surface area contributed by atoms with Gasteiger partial charge in [-0.25, -0.2) is 14.5 Å². The molecule has 1 N–H and O–H groups in total. The quantitative estimate of drug-likeness (QED) is 0.522. The van der Waals surface area contributed by atoms with Crippen LogP contribution in [0.3, 0.4) is 0 Å². The number of rotatable bonds is 8. The normalized spacial score (nSPS) is 10.4. The first-order valence-electron chi connectivity index (χ1n) is 10.1. The van der Waals surface area contributed by atoms with E-state index < -0.39 is 24.4 Å². The molecule has 0 unspecified atom stereocenters. The van der Waals surface area contributed by atoms with Gasteiger partial charge in [-0.3, -0.25) is 9.59 Å². The minimum Gasteiger partial charge on any atom is -0.497 e. The largest absolute Gasteiger partial charge is 0.497 e. The number of pyridine rings is 1. The van der Waals surface area contributed by atoms with E-state index >= 15 is 0 Å². The number of hydrogen-bond donors (Lipinski definition) is 1. The maximum Gasteiger partial charge on any atom is 0.340 e. The van der Waals surface area contributed by atoms with Gasteiger partial charge < -0.3 is 19.7 Å². The Kier molecular flexibility index (Phi) is 7.39. The summed E-state index contributed by atoms with van der Waals surface area (Å²) in [5, 5.41) is 7.02. The molecule has 0 aliphatic rings. The number of amides is 2. The van der Waals surface area contributed by atoms with E-state index in [1.54, 1.807) is 41.1 Å². The van der Waals surface area contributed by atoms with E-state index in [9.17, 15) is 14.4 Å². The Balaban J connectivity index is 1.49. The van der Waals surface area contributed by atoms with Crippen LogP contribution >= 0.6 is 0 Å². The number of aryl methyl sites for hydroxylation is 2. The van der Waals surface area contributed by atoms with Gasteiger partial charge in [-0.05, 0) is 44.2 Å². The third-order valence-electron chi connectivity index (χ3n) is 4.70. The molecule has 0 fully saturated rings. The fourth-order valence-electron chi connectivity index (χ4n) is 3.02. The second-order valence-corrected chi connectivity index (χ2v) is 7.35. The number of ether oxygens (including phenoxy) is 2. The van der Waals surface area contributed by atoms with Crippen LogP contribution in [-0.2, 0) is 14.3 Å². The van der Waals surface area contributed by atoms with Gasteiger partial charge in [0.25, 0.3) is 5.91 Å². The molecule has 172 valence electrons. The molecule has 2 heterocycles. The number of esters is 1. The van der Waals surface area contributed by atoms with Crippen molar-refractivity contribution >= 4 is 23.5 Å². The van der Waals surface area contributed by atoms with Crippen LogP contribution < -0.4 is 10.1 Å². The molecule has 1 aromatic carbocycles. The Bertz CT molecular complexity index is 1160. The highest BCUT2D eigenvalue weighted by atomic mass is 16.5. The molecule has 0 spiro atoms. The molecule has 0 saturated heterocycles. The number of carbonyl (C=O) groups is 3. The average molecular weight is 451 g/mol. The van der Waals surface area contributed by atoms with Gasteiger partial charge >= 0.3 is 5.97 Å². The second-order valence-electron chi connectivity index (χ2n) is 7.35. The summed E-state index contributed by atoms with van der Waals surface area (Å²) in [5.41, 5.74) is 2.52. The number of hydrogen-bond acceptors (Lipinski definition) is 7. The minimum atomic E-state index is -0.690. The van der Waals surface area contributed by atoms with Crippen LogP contribution in [0.1, 0.15) is 21.7 Å². The fraction of sp³-hybridized carbons (Fsp3) is 0.261. The van der Waals surface area contributed by atoms with Crippen molar-refractivity contribution in [2.24, 2.45) is 0 Å². The predicted octanol–water partition coefficient (Wildman–Crippen LogP) is 2.15. The van der Waals surface area contributed by atoms with Crippen LogP contribution in [0.25, 0.3) is 5.82 Å². The lowest BCUT2D eigenvalue weighted by molar-refractivity contribution is -0.136. The number of nitrogens with zero attached hydrogens (tertiary/aromatic N) is 4. The summed E-state index contributed by atoms with van der Waals surface area (Å²) in [6.07, 6.45) is 1.36. The zero-order chi connectivity index (χ0) is 24.0. The third-order valence-corrected chi connectivity index (χ3v) is 4.70. The van der Waals surface area contributed by atoms with Gasteiger partial charge in [-0.15, -0.1) is 0 Å². The summed E-state index contributed by atoms with van der Waals surface area (Å²) in [6.45, 7) is 3.09. The molecular formula is C23H25N5O5. The van der Waals surface area contributed by atoms with Gasteiger partial charge in [-0.2, -0.15) is 5.10 Å². The maximum atomic E-state index is 12.3. The number of aromatic nitrogens is 3. The van der Waals surface area contributed by atoms with Gasteiger partial charge in [0, 0.05) is 30.7 Å². The van der Waals surface area contributed by atoms with Crippen molar-refractivity contribution in [2.75, 3.05) is 32.6 Å². The molecule has 3 rings (SSSR count). The third kappa shape index (κ3) is 6.16. The summed E-state index contributed by atoms with van der Waals surface area (Å²) >= 11 is 0. The number of benzene rings is 1. The lowest BCUT2D eigenvalue weighted by atomic mass is 10.3. The van der Waals surface area contributed by atoms with Gasteiger partial charge in [0.1, 0.15) is 5.75 Å². The molecule has 0 aliphatic carbocycles. The summed E-state index contributed by atoms with van der Waals surface area (Å²) < 4.78 is 11.8. The first-order chi connectivity index (χ1) is 15.8. The highest BCUT2D eigenvalue weighted by Gasteiger charge is 2.17. The summed E-state index contributed by atoms with van der Waals surface area (Å²) in [5.74, 6) is -0.438. The Morgan fingerprint density at radius 1 is 1.12 bits per heavy atom. The molecule has 10 nitrogen and oxygen atoms in total. The second kappa shape index (κ2) is 10.4. The number of nitrogens with one attached hydrogen (secondary N) is 1. The van der Waals surface area contributed by atoms with Crippen molar-refractivity contribution in [3.05, 3.63) is 65.6 Å². The summed E-state index contributed by atoms with van der Waals surface area (Å²) in [4.78, 5) is 42.1. The maximum absolute atomic E-state index is 12.3. The van der Waals surface area contributed by atoms with Crippen LogP contribution in [0.2, 0.25) is 0 Å². The van der Waals surface area contributed by atoms with Crippen molar-refractivity contribution in [1.29, 1.82) is 0 Å². The van der Waals surface area contributed by atoms with E-state index in [-0.39, 0.29) is 12.1 Å². The van der Waals surface area contributed by atoms with Crippen LogP contribution in [0.15, 0.2) is 48.7 Å². The van der Waals surface area contributed by atoms with Gasteiger partial charge in [0.2, 0.25) is 5.91 Å². The molecule has 0 atom stereocenters. The Morgan fingerprint density at radius 3 is 2.55 bits per heavy atom. The summed E-state index contributed by atoms with van der Waals surface area (Å²) in [6, 6.07) is 12.0. The Labute approximate surface area is 191 Å². The van der Waals surface area contributed by atoms with Crippen molar-refractivity contribution in [3.8, 4) is 11.6 Å². The molecular weight excluding hydrogens is 426 g/mol. The number of carbonyl (C=O) groups excluding carboxylic acids is 3. The lowest BCUT2D eigenvalue weighted by Crippen LogP contribution is -2.37.